The maximum Gasteiger partial charge on any atom is 0.180 e. The Morgan fingerprint density at radius 2 is 2.18 bits per heavy atom. The zero-order valence-corrected chi connectivity index (χ0v) is 9.04. The van der Waals surface area contributed by atoms with Gasteiger partial charge in [0.1, 0.15) is 0 Å². The van der Waals surface area contributed by atoms with Gasteiger partial charge in [0.25, 0.3) is 0 Å². The highest BCUT2D eigenvalue weighted by Crippen LogP contribution is 2.16. The number of nitrogens with two attached hydrogens (primary N) is 1. The Bertz CT molecular complexity index is 495. The first-order chi connectivity index (χ1) is 8.28. The Hall–Kier alpha value is -1.90. The number of aliphatic hydroxyl groups excluding tert-OH is 2. The summed E-state index contributed by atoms with van der Waals surface area (Å²) in [4.78, 5) is 8.30. The average Bonchev–Trinajstić information content (AvgIpc) is 2.83. The van der Waals surface area contributed by atoms with Crippen molar-refractivity contribution < 1.29 is 10.2 Å². The van der Waals surface area contributed by atoms with Gasteiger partial charge < -0.3 is 25.4 Å². The van der Waals surface area contributed by atoms with E-state index >= 15 is 0 Å². The van der Waals surface area contributed by atoms with Gasteiger partial charge >= 0.3 is 0 Å². The third-order valence-electron chi connectivity index (χ3n) is 2.30. The zero-order chi connectivity index (χ0) is 12.3. The number of nitrogen functional groups attached to an aromatic ring is 1. The van der Waals surface area contributed by atoms with Gasteiger partial charge in [0.2, 0.25) is 0 Å². The van der Waals surface area contributed by atoms with Crippen LogP contribution in [0.5, 0.6) is 0 Å². The molecular weight excluding hydrogens is 224 g/mol. The molecule has 0 unspecified atom stereocenters. The summed E-state index contributed by atoms with van der Waals surface area (Å²) >= 11 is 0. The van der Waals surface area contributed by atoms with Crippen molar-refractivity contribution in [3.63, 3.8) is 0 Å². The van der Waals surface area contributed by atoms with E-state index in [2.05, 4.69) is 20.7 Å². The van der Waals surface area contributed by atoms with Crippen LogP contribution in [0.15, 0.2) is 18.6 Å². The van der Waals surface area contributed by atoms with Gasteiger partial charge in [-0.15, -0.1) is 0 Å². The summed E-state index contributed by atoms with van der Waals surface area (Å²) in [5, 5.41) is 20.9. The molecule has 0 aliphatic heterocycles. The molecule has 2 heterocycles. The van der Waals surface area contributed by atoms with Crippen LogP contribution in [-0.2, 0) is 0 Å². The average molecular weight is 238 g/mol. The molecule has 0 fully saturated rings. The van der Waals surface area contributed by atoms with Crippen molar-refractivity contribution in [2.24, 2.45) is 5.84 Å². The number of hydrazine groups is 1. The monoisotopic (exact) mass is 238 g/mol. The highest BCUT2D eigenvalue weighted by Gasteiger charge is 2.11. The molecule has 2 rings (SSSR count). The smallest absolute Gasteiger partial charge is 0.180 e. The lowest BCUT2D eigenvalue weighted by atomic mass is 10.3. The molecule has 0 radical (unpaired) electrons. The highest BCUT2D eigenvalue weighted by molar-refractivity contribution is 5.65. The number of nitrogens with zero attached hydrogens (tertiary/aromatic N) is 3. The van der Waals surface area contributed by atoms with E-state index in [4.69, 9.17) is 16.1 Å². The Labute approximate surface area is 97.1 Å². The first-order valence-electron chi connectivity index (χ1n) is 5.07. The Kier molecular flexibility index (Phi) is 3.38. The van der Waals surface area contributed by atoms with Crippen LogP contribution >= 0.6 is 0 Å². The van der Waals surface area contributed by atoms with Gasteiger partial charge in [0.05, 0.1) is 25.5 Å². The summed E-state index contributed by atoms with van der Waals surface area (Å²) < 4.78 is 1.73. The van der Waals surface area contributed by atoms with Gasteiger partial charge in [0, 0.05) is 12.4 Å². The van der Waals surface area contributed by atoms with E-state index in [0.29, 0.717) is 17.3 Å². The molecule has 0 aromatic carbocycles. The number of aromatic nitrogens is 3. The Morgan fingerprint density at radius 3 is 2.82 bits per heavy atom. The van der Waals surface area contributed by atoms with Gasteiger partial charge in [0.15, 0.2) is 17.3 Å². The summed E-state index contributed by atoms with van der Waals surface area (Å²) in [5.41, 5.74) is 3.03. The van der Waals surface area contributed by atoms with Gasteiger partial charge in [-0.25, -0.2) is 15.8 Å². The number of hydrogen-bond acceptors (Lipinski definition) is 7. The fourth-order valence-electron chi connectivity index (χ4n) is 1.44. The van der Waals surface area contributed by atoms with Crippen molar-refractivity contribution in [3.8, 4) is 0 Å². The van der Waals surface area contributed by atoms with E-state index in [0.717, 1.165) is 0 Å². The third-order valence-corrected chi connectivity index (χ3v) is 2.30. The summed E-state index contributed by atoms with van der Waals surface area (Å²) in [6.07, 6.45) is 5.05. The minimum atomic E-state index is -0.490. The largest absolute Gasteiger partial charge is 0.394 e. The van der Waals surface area contributed by atoms with Crippen molar-refractivity contribution in [3.05, 3.63) is 18.6 Å². The minimum absolute atomic E-state index is 0.203. The topological polar surface area (TPSA) is 121 Å². The lowest BCUT2D eigenvalue weighted by Gasteiger charge is -2.15. The second-order valence-corrected chi connectivity index (χ2v) is 3.48. The summed E-state index contributed by atoms with van der Waals surface area (Å²) in [5.74, 6) is 6.20. The quantitative estimate of drug-likeness (QED) is 0.327. The summed E-state index contributed by atoms with van der Waals surface area (Å²) in [6, 6.07) is -0.490. The molecule has 2 aromatic heterocycles. The van der Waals surface area contributed by atoms with E-state index in [1.165, 1.54) is 0 Å². The number of nitrogens with one attached hydrogen (secondary N) is 2. The first kappa shape index (κ1) is 11.6. The lowest BCUT2D eigenvalue weighted by Crippen LogP contribution is -2.28. The molecule has 0 amide bonds. The fourth-order valence-corrected chi connectivity index (χ4v) is 1.44. The molecule has 0 saturated carbocycles. The van der Waals surface area contributed by atoms with E-state index in [1.54, 1.807) is 23.0 Å². The molecule has 0 bridgehead atoms. The minimum Gasteiger partial charge on any atom is -0.394 e. The number of aliphatic hydroxyl groups is 2. The molecule has 2 aromatic rings. The van der Waals surface area contributed by atoms with E-state index in [-0.39, 0.29) is 13.2 Å². The second kappa shape index (κ2) is 4.95. The van der Waals surface area contributed by atoms with Crippen LogP contribution in [0.25, 0.3) is 5.65 Å². The van der Waals surface area contributed by atoms with E-state index < -0.39 is 6.04 Å². The number of rotatable bonds is 5. The number of anilines is 2. The van der Waals surface area contributed by atoms with Gasteiger partial charge in [-0.2, -0.15) is 0 Å². The zero-order valence-electron chi connectivity index (χ0n) is 9.04. The van der Waals surface area contributed by atoms with Crippen molar-refractivity contribution in [2.75, 3.05) is 24.0 Å². The SMILES string of the molecule is NNc1cn2ccnc2c(NC(CO)CO)n1. The third kappa shape index (κ3) is 2.28. The van der Waals surface area contributed by atoms with Crippen molar-refractivity contribution in [1.29, 1.82) is 0 Å². The maximum absolute atomic E-state index is 9.02. The van der Waals surface area contributed by atoms with Crippen LogP contribution in [0.4, 0.5) is 11.6 Å². The van der Waals surface area contributed by atoms with Gasteiger partial charge in [-0.1, -0.05) is 0 Å². The van der Waals surface area contributed by atoms with E-state index in [1.807, 2.05) is 0 Å². The number of hydrogen-bond donors (Lipinski definition) is 5. The molecule has 0 spiro atoms. The van der Waals surface area contributed by atoms with Crippen molar-refractivity contribution in [2.45, 2.75) is 6.04 Å². The summed E-state index contributed by atoms with van der Waals surface area (Å²) in [6.45, 7) is -0.406. The molecule has 8 nitrogen and oxygen atoms in total. The highest BCUT2D eigenvalue weighted by atomic mass is 16.3. The molecule has 6 N–H and O–H groups in total. The molecule has 0 saturated heterocycles. The normalized spacial score (nSPS) is 11.1. The van der Waals surface area contributed by atoms with Crippen molar-refractivity contribution in [1.82, 2.24) is 14.4 Å². The van der Waals surface area contributed by atoms with Crippen LogP contribution < -0.4 is 16.6 Å². The van der Waals surface area contributed by atoms with Gasteiger partial charge in [-0.05, 0) is 0 Å². The van der Waals surface area contributed by atoms with Crippen molar-refractivity contribution >= 4 is 17.3 Å². The van der Waals surface area contributed by atoms with Crippen LogP contribution in [0.3, 0.4) is 0 Å². The second-order valence-electron chi connectivity index (χ2n) is 3.48. The molecule has 0 atom stereocenters. The predicted octanol–water partition coefficient (Wildman–Crippen LogP) is -1.22. The van der Waals surface area contributed by atoms with Gasteiger partial charge in [-0.3, -0.25) is 0 Å². The maximum atomic E-state index is 9.02. The molecule has 92 valence electrons. The molecule has 8 heteroatoms. The molecule has 0 aliphatic carbocycles. The molecule has 17 heavy (non-hydrogen) atoms. The van der Waals surface area contributed by atoms with Crippen LogP contribution in [0.2, 0.25) is 0 Å². The Balaban J connectivity index is 2.39. The lowest BCUT2D eigenvalue weighted by molar-refractivity contribution is 0.203. The summed E-state index contributed by atoms with van der Waals surface area (Å²) in [7, 11) is 0. The number of fused-ring (bicyclic) bond motifs is 1. The molecule has 0 aliphatic rings. The Morgan fingerprint density at radius 1 is 1.41 bits per heavy atom. The van der Waals surface area contributed by atoms with Crippen LogP contribution in [0.1, 0.15) is 0 Å². The number of imidazole rings is 1. The molecular formula is C9H14N6O2. The predicted molar refractivity (Wildman–Crippen MR) is 62.4 cm³/mol. The van der Waals surface area contributed by atoms with Crippen LogP contribution in [0, 0.1) is 0 Å². The fraction of sp³-hybridized carbons (Fsp3) is 0.333. The first-order valence-corrected chi connectivity index (χ1v) is 5.07. The van der Waals surface area contributed by atoms with E-state index in [9.17, 15) is 0 Å². The standard InChI is InChI=1S/C9H14N6O2/c10-14-7-3-15-2-1-11-9(15)8(13-7)12-6(4-16)5-17/h1-3,6,14,16-17H,4-5,10H2,(H,12,13). The van der Waals surface area contributed by atoms with Crippen LogP contribution in [-0.4, -0.2) is 43.8 Å².